The summed E-state index contributed by atoms with van der Waals surface area (Å²) in [5.74, 6) is 0.623. The Bertz CT molecular complexity index is 3650. The number of fused-ring (bicyclic) bond motifs is 9. The first-order valence-corrected chi connectivity index (χ1v) is 27.1. The fourth-order valence-corrected chi connectivity index (χ4v) is 12.5. The quantitative estimate of drug-likeness (QED) is 0.149. The molecule has 0 amide bonds. The van der Waals surface area contributed by atoms with Gasteiger partial charge in [0.15, 0.2) is 5.82 Å². The molecular formula is C64H66N5O2P. The average molecular weight is 968 g/mol. The molecule has 7 aromatic carbocycles. The second-order valence-corrected chi connectivity index (χ2v) is 26.2. The van der Waals surface area contributed by atoms with E-state index in [1.54, 1.807) is 12.4 Å². The standard InChI is InChI=1S/C64H66N5O2P/c1-14-71-72(70,46-18-16-15-17-19-46)60-39-65-59(38-66-60)69-57-30-24-44(67-53-26-20-40(61(2,3)4)32-47(53)48-33-41(62(5,6)7)21-27-54(48)67)36-51(57)52-37-45(25-31-58(52)69)68-55-28-22-42(63(8,9)10)34-49(55)50-35-43(64(11,12)13)23-29-56(50)68/h15-39H,14H2,1-13H3. The number of rotatable bonds is 7. The van der Waals surface area contributed by atoms with Crippen LogP contribution in [0.4, 0.5) is 0 Å². The highest BCUT2D eigenvalue weighted by atomic mass is 31.2. The number of hydrogen-bond acceptors (Lipinski definition) is 4. The van der Waals surface area contributed by atoms with Gasteiger partial charge in [-0.2, -0.15) is 0 Å². The van der Waals surface area contributed by atoms with Crippen LogP contribution >= 0.6 is 7.37 Å². The SMILES string of the molecule is CCOP(=O)(c1ccccc1)c1cnc(-n2c3ccc(-n4c5ccc(C(C)(C)C)cc5c5cc(C(C)(C)C)ccc54)cc3c3cc(-n4c5ccc(C(C)(C)C)cc5c5cc(C(C)(C)C)ccc54)ccc32)cn1. The van der Waals surface area contributed by atoms with Gasteiger partial charge in [0, 0.05) is 49.0 Å². The minimum atomic E-state index is -3.51. The molecule has 0 aliphatic carbocycles. The van der Waals surface area contributed by atoms with E-state index < -0.39 is 7.37 Å². The molecule has 4 heterocycles. The van der Waals surface area contributed by atoms with Crippen LogP contribution in [-0.4, -0.2) is 30.3 Å². The van der Waals surface area contributed by atoms with Crippen LogP contribution in [0.1, 0.15) is 112 Å². The molecule has 1 atom stereocenters. The van der Waals surface area contributed by atoms with Crippen molar-refractivity contribution in [2.75, 3.05) is 6.61 Å². The van der Waals surface area contributed by atoms with Gasteiger partial charge in [0.2, 0.25) is 0 Å². The highest BCUT2D eigenvalue weighted by Crippen LogP contribution is 2.45. The zero-order valence-corrected chi connectivity index (χ0v) is 45.0. The van der Waals surface area contributed by atoms with Gasteiger partial charge in [0.1, 0.15) is 5.44 Å². The van der Waals surface area contributed by atoms with Gasteiger partial charge in [-0.25, -0.2) is 9.97 Å². The molecule has 0 aliphatic rings. The maximum Gasteiger partial charge on any atom is 0.280 e. The van der Waals surface area contributed by atoms with Gasteiger partial charge in [-0.15, -0.1) is 0 Å². The number of nitrogens with zero attached hydrogens (tertiary/aromatic N) is 5. The monoisotopic (exact) mass is 967 g/mol. The highest BCUT2D eigenvalue weighted by Gasteiger charge is 2.31. The van der Waals surface area contributed by atoms with Crippen LogP contribution in [0, 0.1) is 0 Å². The van der Waals surface area contributed by atoms with Crippen molar-refractivity contribution < 1.29 is 9.09 Å². The first-order valence-electron chi connectivity index (χ1n) is 25.5. The van der Waals surface area contributed by atoms with Crippen molar-refractivity contribution in [1.29, 1.82) is 0 Å². The molecule has 0 aliphatic heterocycles. The molecule has 8 heteroatoms. The summed E-state index contributed by atoms with van der Waals surface area (Å²) in [6.45, 7) is 29.6. The Labute approximate surface area is 424 Å². The third kappa shape index (κ3) is 7.79. The molecule has 7 nitrogen and oxygen atoms in total. The summed E-state index contributed by atoms with van der Waals surface area (Å²) in [4.78, 5) is 9.94. The molecule has 4 aromatic heterocycles. The van der Waals surface area contributed by atoms with Crippen molar-refractivity contribution in [3.05, 3.63) is 174 Å². The van der Waals surface area contributed by atoms with Crippen molar-refractivity contribution in [3.63, 3.8) is 0 Å². The summed E-state index contributed by atoms with van der Waals surface area (Å²) in [5.41, 5.74) is 14.3. The zero-order chi connectivity index (χ0) is 50.9. The molecule has 11 aromatic rings. The van der Waals surface area contributed by atoms with Gasteiger partial charge < -0.3 is 13.7 Å². The minimum absolute atomic E-state index is 0.00850. The van der Waals surface area contributed by atoms with Crippen molar-refractivity contribution in [2.45, 2.75) is 112 Å². The Hall–Kier alpha value is -6.79. The molecule has 0 N–H and O–H groups in total. The first kappa shape index (κ1) is 47.5. The second-order valence-electron chi connectivity index (χ2n) is 23.9. The minimum Gasteiger partial charge on any atom is -0.321 e. The van der Waals surface area contributed by atoms with Crippen LogP contribution in [-0.2, 0) is 30.7 Å². The third-order valence-electron chi connectivity index (χ3n) is 14.8. The number of hydrogen-bond donors (Lipinski definition) is 0. The first-order chi connectivity index (χ1) is 34.0. The van der Waals surface area contributed by atoms with Gasteiger partial charge in [-0.1, -0.05) is 126 Å². The number of benzene rings is 7. The second kappa shape index (κ2) is 16.6. The average Bonchev–Trinajstić information content (AvgIpc) is 3.97. The van der Waals surface area contributed by atoms with E-state index in [0.717, 1.165) is 33.2 Å². The fourth-order valence-electron chi connectivity index (χ4n) is 10.7. The summed E-state index contributed by atoms with van der Waals surface area (Å²) in [5, 5.41) is 7.75. The lowest BCUT2D eigenvalue weighted by Crippen LogP contribution is -2.22. The van der Waals surface area contributed by atoms with Crippen molar-refractivity contribution in [2.24, 2.45) is 0 Å². The van der Waals surface area contributed by atoms with Crippen molar-refractivity contribution >= 4 is 83.5 Å². The van der Waals surface area contributed by atoms with Crippen LogP contribution in [0.3, 0.4) is 0 Å². The van der Waals surface area contributed by atoms with Crippen LogP contribution in [0.25, 0.3) is 82.6 Å². The molecule has 0 saturated heterocycles. The molecule has 0 fully saturated rings. The smallest absolute Gasteiger partial charge is 0.280 e. The van der Waals surface area contributed by atoms with Crippen LogP contribution in [0.2, 0.25) is 0 Å². The summed E-state index contributed by atoms with van der Waals surface area (Å²) in [6, 6.07) is 51.0. The van der Waals surface area contributed by atoms with Crippen LogP contribution < -0.4 is 10.7 Å². The lowest BCUT2D eigenvalue weighted by Gasteiger charge is -2.19. The summed E-state index contributed by atoms with van der Waals surface area (Å²) < 4.78 is 27.7. The molecule has 364 valence electrons. The zero-order valence-electron chi connectivity index (χ0n) is 44.1. The van der Waals surface area contributed by atoms with E-state index in [2.05, 4.69) is 206 Å². The summed E-state index contributed by atoms with van der Waals surface area (Å²) in [6.07, 6.45) is 3.37. The molecular weight excluding hydrogens is 902 g/mol. The van der Waals surface area contributed by atoms with Gasteiger partial charge in [-0.3, -0.25) is 9.13 Å². The van der Waals surface area contributed by atoms with Gasteiger partial charge in [0.05, 0.1) is 52.1 Å². The maximum absolute atomic E-state index is 14.6. The van der Waals surface area contributed by atoms with E-state index >= 15 is 0 Å². The van der Waals surface area contributed by atoms with Crippen LogP contribution in [0.5, 0.6) is 0 Å². The third-order valence-corrected chi connectivity index (χ3v) is 17.2. The Morgan fingerprint density at radius 1 is 0.417 bits per heavy atom. The van der Waals surface area contributed by atoms with E-state index in [4.69, 9.17) is 14.5 Å². The highest BCUT2D eigenvalue weighted by molar-refractivity contribution is 7.74. The Morgan fingerprint density at radius 3 is 1.10 bits per heavy atom. The molecule has 72 heavy (non-hydrogen) atoms. The van der Waals surface area contributed by atoms with Crippen molar-refractivity contribution in [1.82, 2.24) is 23.7 Å². The summed E-state index contributed by atoms with van der Waals surface area (Å²) >= 11 is 0. The Balaban J connectivity index is 1.18. The van der Waals surface area contributed by atoms with E-state index in [9.17, 15) is 4.57 Å². The Kier molecular flexibility index (Phi) is 11.0. The van der Waals surface area contributed by atoms with Gasteiger partial charge in [-0.05, 0) is 148 Å². The summed E-state index contributed by atoms with van der Waals surface area (Å²) in [7, 11) is -3.51. The van der Waals surface area contributed by atoms with Gasteiger partial charge >= 0.3 is 0 Å². The van der Waals surface area contributed by atoms with E-state index in [0.29, 0.717) is 16.6 Å². The predicted molar refractivity (Wildman–Crippen MR) is 305 cm³/mol. The maximum atomic E-state index is 14.6. The normalized spacial score (nSPS) is 13.9. The largest absolute Gasteiger partial charge is 0.321 e. The van der Waals surface area contributed by atoms with Gasteiger partial charge in [0.25, 0.3) is 7.37 Å². The molecule has 11 rings (SSSR count). The topological polar surface area (TPSA) is 66.9 Å². The van der Waals surface area contributed by atoms with Crippen LogP contribution in [0.15, 0.2) is 152 Å². The lowest BCUT2D eigenvalue weighted by atomic mass is 9.85. The predicted octanol–water partition coefficient (Wildman–Crippen LogP) is 16.2. The number of aromatic nitrogens is 5. The molecule has 0 saturated carbocycles. The molecule has 0 radical (unpaired) electrons. The molecule has 0 spiro atoms. The van der Waals surface area contributed by atoms with E-state index in [-0.39, 0.29) is 28.3 Å². The molecule has 1 unspecified atom stereocenters. The van der Waals surface area contributed by atoms with E-state index in [1.807, 2.05) is 37.3 Å². The molecule has 0 bridgehead atoms. The Morgan fingerprint density at radius 2 is 0.764 bits per heavy atom. The van der Waals surface area contributed by atoms with Crippen molar-refractivity contribution in [3.8, 4) is 17.2 Å². The fraction of sp³-hybridized carbons (Fsp3) is 0.281. The lowest BCUT2D eigenvalue weighted by molar-refractivity contribution is 0.347. The van der Waals surface area contributed by atoms with E-state index in [1.165, 1.54) is 65.9 Å².